The van der Waals surface area contributed by atoms with E-state index in [1.54, 1.807) is 13.3 Å². The minimum atomic E-state index is 0. The number of nitrogens with one attached hydrogen (secondary N) is 2. The summed E-state index contributed by atoms with van der Waals surface area (Å²) in [5.41, 5.74) is 4.29. The molecule has 0 bridgehead atoms. The standard InChI is InChI=1S/C25H29N7O.HI/c1-3-26-25(27-17-20-7-4-5-8-21(20)19-31-15-6-14-29-31)28-18-22-13-16-32(30-22)23-9-11-24(33-2)12-10-23;/h4-16H,3,17-19H2,1-2H3,(H2,26,27,28);1H. The summed E-state index contributed by atoms with van der Waals surface area (Å²) in [5.74, 6) is 1.58. The first kappa shape index (κ1) is 25.3. The van der Waals surface area contributed by atoms with Crippen molar-refractivity contribution in [1.82, 2.24) is 30.2 Å². The third-order valence-electron chi connectivity index (χ3n) is 5.18. The fraction of sp³-hybridized carbons (Fsp3) is 0.240. The van der Waals surface area contributed by atoms with Gasteiger partial charge in [0, 0.05) is 25.1 Å². The Hall–Kier alpha value is -3.34. The van der Waals surface area contributed by atoms with Gasteiger partial charge in [-0.05, 0) is 54.4 Å². The van der Waals surface area contributed by atoms with E-state index in [4.69, 9.17) is 9.73 Å². The van der Waals surface area contributed by atoms with Gasteiger partial charge in [0.25, 0.3) is 0 Å². The number of halogens is 1. The number of benzene rings is 2. The molecule has 34 heavy (non-hydrogen) atoms. The average Bonchev–Trinajstić information content (AvgIpc) is 3.54. The predicted molar refractivity (Wildman–Crippen MR) is 145 cm³/mol. The molecule has 2 aromatic heterocycles. The van der Waals surface area contributed by atoms with Gasteiger partial charge in [0.05, 0.1) is 38.1 Å². The van der Waals surface area contributed by atoms with E-state index in [-0.39, 0.29) is 24.0 Å². The number of aromatic nitrogens is 4. The molecule has 178 valence electrons. The van der Waals surface area contributed by atoms with Gasteiger partial charge in [-0.1, -0.05) is 24.3 Å². The maximum Gasteiger partial charge on any atom is 0.191 e. The fourth-order valence-electron chi connectivity index (χ4n) is 3.45. The lowest BCUT2D eigenvalue weighted by Crippen LogP contribution is -2.37. The molecule has 2 N–H and O–H groups in total. The van der Waals surface area contributed by atoms with Gasteiger partial charge in [0.1, 0.15) is 5.75 Å². The van der Waals surface area contributed by atoms with Crippen LogP contribution in [0.5, 0.6) is 5.75 Å². The van der Waals surface area contributed by atoms with Crippen molar-refractivity contribution in [3.63, 3.8) is 0 Å². The smallest absolute Gasteiger partial charge is 0.191 e. The summed E-state index contributed by atoms with van der Waals surface area (Å²) in [7, 11) is 1.66. The van der Waals surface area contributed by atoms with Crippen LogP contribution in [0.2, 0.25) is 0 Å². The summed E-state index contributed by atoms with van der Waals surface area (Å²) in [6.45, 7) is 4.71. The molecule has 0 aliphatic carbocycles. The highest BCUT2D eigenvalue weighted by atomic mass is 127. The van der Waals surface area contributed by atoms with Gasteiger partial charge in [-0.2, -0.15) is 10.2 Å². The zero-order chi connectivity index (χ0) is 22.9. The average molecular weight is 571 g/mol. The molecule has 9 heteroatoms. The summed E-state index contributed by atoms with van der Waals surface area (Å²) in [5, 5.41) is 15.7. The van der Waals surface area contributed by atoms with Crippen molar-refractivity contribution < 1.29 is 4.74 Å². The van der Waals surface area contributed by atoms with Gasteiger partial charge >= 0.3 is 0 Å². The molecule has 0 unspecified atom stereocenters. The van der Waals surface area contributed by atoms with E-state index in [1.165, 1.54) is 11.1 Å². The van der Waals surface area contributed by atoms with Crippen LogP contribution in [-0.2, 0) is 19.6 Å². The van der Waals surface area contributed by atoms with E-state index in [2.05, 4.69) is 46.0 Å². The summed E-state index contributed by atoms with van der Waals surface area (Å²) < 4.78 is 9.00. The van der Waals surface area contributed by atoms with Crippen LogP contribution < -0.4 is 15.4 Å². The first-order chi connectivity index (χ1) is 16.2. The molecule has 0 fully saturated rings. The van der Waals surface area contributed by atoms with Crippen LogP contribution in [0.4, 0.5) is 0 Å². The van der Waals surface area contributed by atoms with Gasteiger partial charge in [-0.25, -0.2) is 9.67 Å². The Morgan fingerprint density at radius 3 is 2.47 bits per heavy atom. The Balaban J connectivity index is 0.00000324. The normalized spacial score (nSPS) is 11.1. The van der Waals surface area contributed by atoms with Gasteiger partial charge in [0.15, 0.2) is 5.96 Å². The highest BCUT2D eigenvalue weighted by Crippen LogP contribution is 2.15. The number of methoxy groups -OCH3 is 1. The quantitative estimate of drug-likeness (QED) is 0.180. The molecule has 4 rings (SSSR count). The molecule has 0 saturated heterocycles. The molecule has 0 saturated carbocycles. The van der Waals surface area contributed by atoms with Crippen molar-refractivity contribution in [2.24, 2.45) is 4.99 Å². The van der Waals surface area contributed by atoms with Crippen LogP contribution in [0.3, 0.4) is 0 Å². The topological polar surface area (TPSA) is 81.3 Å². The third kappa shape index (κ3) is 6.83. The van der Waals surface area contributed by atoms with E-state index in [1.807, 2.05) is 64.2 Å². The second-order valence-corrected chi connectivity index (χ2v) is 7.47. The monoisotopic (exact) mass is 571 g/mol. The van der Waals surface area contributed by atoms with Crippen molar-refractivity contribution in [3.05, 3.63) is 96.1 Å². The molecule has 0 amide bonds. The second kappa shape index (κ2) is 12.8. The number of guanidine groups is 1. The van der Waals surface area contributed by atoms with Gasteiger partial charge < -0.3 is 15.4 Å². The largest absolute Gasteiger partial charge is 0.497 e. The molecule has 2 heterocycles. The van der Waals surface area contributed by atoms with Crippen LogP contribution in [0.15, 0.2) is 84.2 Å². The predicted octanol–water partition coefficient (Wildman–Crippen LogP) is 4.00. The highest BCUT2D eigenvalue weighted by Gasteiger charge is 2.06. The zero-order valence-electron chi connectivity index (χ0n) is 19.4. The summed E-state index contributed by atoms with van der Waals surface area (Å²) in [6, 6.07) is 20.1. The minimum Gasteiger partial charge on any atom is -0.497 e. The molecule has 8 nitrogen and oxygen atoms in total. The fourth-order valence-corrected chi connectivity index (χ4v) is 3.45. The molecule has 0 spiro atoms. The summed E-state index contributed by atoms with van der Waals surface area (Å²) >= 11 is 0. The van der Waals surface area contributed by atoms with Crippen molar-refractivity contribution in [1.29, 1.82) is 0 Å². The van der Waals surface area contributed by atoms with E-state index in [9.17, 15) is 0 Å². The van der Waals surface area contributed by atoms with Crippen LogP contribution in [0.1, 0.15) is 23.7 Å². The molecule has 2 aromatic carbocycles. The van der Waals surface area contributed by atoms with Crippen molar-refractivity contribution in [2.75, 3.05) is 13.7 Å². The Morgan fingerprint density at radius 2 is 1.76 bits per heavy atom. The van der Waals surface area contributed by atoms with E-state index < -0.39 is 0 Å². The first-order valence-corrected chi connectivity index (χ1v) is 11.0. The zero-order valence-corrected chi connectivity index (χ0v) is 21.7. The number of hydrogen-bond acceptors (Lipinski definition) is 4. The van der Waals surface area contributed by atoms with Crippen molar-refractivity contribution in [3.8, 4) is 11.4 Å². The van der Waals surface area contributed by atoms with Crippen LogP contribution in [-0.4, -0.2) is 39.2 Å². The maximum atomic E-state index is 5.22. The SMILES string of the molecule is CCNC(=NCc1ccccc1Cn1cccn1)NCc1ccn(-c2ccc(OC)cc2)n1.I. The lowest BCUT2D eigenvalue weighted by atomic mass is 10.1. The van der Waals surface area contributed by atoms with Crippen molar-refractivity contribution >= 4 is 29.9 Å². The number of ether oxygens (including phenoxy) is 1. The van der Waals surface area contributed by atoms with Crippen LogP contribution in [0.25, 0.3) is 5.69 Å². The van der Waals surface area contributed by atoms with E-state index in [0.717, 1.165) is 36.2 Å². The maximum absolute atomic E-state index is 5.22. The number of aliphatic imine (C=N–C) groups is 1. The highest BCUT2D eigenvalue weighted by molar-refractivity contribution is 14.0. The van der Waals surface area contributed by atoms with Crippen LogP contribution in [0, 0.1) is 0 Å². The molecule has 4 aromatic rings. The number of nitrogens with zero attached hydrogens (tertiary/aromatic N) is 5. The summed E-state index contributed by atoms with van der Waals surface area (Å²) in [4.78, 5) is 4.79. The molecule has 0 aliphatic rings. The van der Waals surface area contributed by atoms with Gasteiger partial charge in [-0.15, -0.1) is 24.0 Å². The molecule has 0 radical (unpaired) electrons. The molecular formula is C25H30IN7O. The van der Waals surface area contributed by atoms with E-state index >= 15 is 0 Å². The number of hydrogen-bond donors (Lipinski definition) is 2. The Morgan fingerprint density at radius 1 is 0.971 bits per heavy atom. The summed E-state index contributed by atoms with van der Waals surface area (Å²) in [6.07, 6.45) is 5.72. The van der Waals surface area contributed by atoms with Crippen molar-refractivity contribution in [2.45, 2.75) is 26.6 Å². The lowest BCUT2D eigenvalue weighted by Gasteiger charge is -2.12. The van der Waals surface area contributed by atoms with Crippen LogP contribution >= 0.6 is 24.0 Å². The first-order valence-electron chi connectivity index (χ1n) is 11.0. The third-order valence-corrected chi connectivity index (χ3v) is 5.18. The molecule has 0 atom stereocenters. The Labute approximate surface area is 217 Å². The van der Waals surface area contributed by atoms with Gasteiger partial charge in [0.2, 0.25) is 0 Å². The minimum absolute atomic E-state index is 0. The second-order valence-electron chi connectivity index (χ2n) is 7.47. The van der Waals surface area contributed by atoms with Gasteiger partial charge in [-0.3, -0.25) is 4.68 Å². The molecule has 0 aliphatic heterocycles. The Bertz CT molecular complexity index is 1170. The Kier molecular flexibility index (Phi) is 9.51. The molecular weight excluding hydrogens is 541 g/mol. The number of rotatable bonds is 9. The van der Waals surface area contributed by atoms with E-state index in [0.29, 0.717) is 13.1 Å². The lowest BCUT2D eigenvalue weighted by molar-refractivity contribution is 0.414.